The number of fused-ring (bicyclic) bond motifs is 1. The van der Waals surface area contributed by atoms with E-state index in [9.17, 15) is 4.39 Å². The minimum atomic E-state index is -0.278. The number of nitrogens with two attached hydrogens (primary N) is 1. The van der Waals surface area contributed by atoms with E-state index in [2.05, 4.69) is 25.4 Å². The van der Waals surface area contributed by atoms with Gasteiger partial charge in [0, 0.05) is 36.0 Å². The lowest BCUT2D eigenvalue weighted by molar-refractivity contribution is 0.137. The predicted molar refractivity (Wildman–Crippen MR) is 135 cm³/mol. The van der Waals surface area contributed by atoms with Crippen molar-refractivity contribution in [1.29, 1.82) is 0 Å². The Morgan fingerprint density at radius 2 is 2.14 bits per heavy atom. The van der Waals surface area contributed by atoms with E-state index in [-0.39, 0.29) is 17.7 Å². The fraction of sp³-hybridized carbons (Fsp3) is 0.407. The number of aromatic nitrogens is 3. The van der Waals surface area contributed by atoms with E-state index in [1.165, 1.54) is 18.9 Å². The third-order valence-corrected chi connectivity index (χ3v) is 6.90. The molecular weight excluding hydrogens is 443 g/mol. The van der Waals surface area contributed by atoms with Crippen molar-refractivity contribution in [2.24, 2.45) is 5.16 Å². The van der Waals surface area contributed by atoms with Crippen molar-refractivity contribution in [3.8, 4) is 11.1 Å². The van der Waals surface area contributed by atoms with Gasteiger partial charge in [-0.3, -0.25) is 4.98 Å². The van der Waals surface area contributed by atoms with Gasteiger partial charge >= 0.3 is 0 Å². The van der Waals surface area contributed by atoms with E-state index < -0.39 is 0 Å². The van der Waals surface area contributed by atoms with Gasteiger partial charge in [0.2, 0.25) is 5.95 Å². The Morgan fingerprint density at radius 3 is 2.94 bits per heavy atom. The van der Waals surface area contributed by atoms with Crippen LogP contribution in [0.5, 0.6) is 0 Å². The van der Waals surface area contributed by atoms with Crippen LogP contribution in [0.1, 0.15) is 60.5 Å². The number of pyridine rings is 1. The van der Waals surface area contributed by atoms with Gasteiger partial charge in [0.1, 0.15) is 12.4 Å². The number of nitrogens with one attached hydrogen (secondary N) is 1. The molecule has 182 valence electrons. The highest BCUT2D eigenvalue weighted by atomic mass is 19.1. The van der Waals surface area contributed by atoms with Crippen LogP contribution in [0.2, 0.25) is 0 Å². The maximum absolute atomic E-state index is 14.3. The maximum Gasteiger partial charge on any atom is 0.220 e. The van der Waals surface area contributed by atoms with Crippen molar-refractivity contribution >= 4 is 11.7 Å². The first-order chi connectivity index (χ1) is 17.1. The summed E-state index contributed by atoms with van der Waals surface area (Å²) in [7, 11) is 0. The van der Waals surface area contributed by atoms with Gasteiger partial charge in [0.15, 0.2) is 0 Å². The standard InChI is InChI=1S/C27H31FN6O/c1-17-26-24(33-27(29)32-17)13-19(14-25(26)34-35-12-4-7-21-6-3-11-31-21)22-9-8-20(28)15-23(22)18-5-2-10-30-16-18/h2,5,8-10,15-16,19,21,31H,3-4,6-7,11-14H2,1H3,(H2,29,32,33). The molecule has 5 rings (SSSR count). The number of oxime groups is 1. The smallest absolute Gasteiger partial charge is 0.220 e. The predicted octanol–water partition coefficient (Wildman–Crippen LogP) is 4.55. The average molecular weight is 475 g/mol. The molecule has 1 aliphatic heterocycles. The summed E-state index contributed by atoms with van der Waals surface area (Å²) >= 11 is 0. The number of hydrogen-bond donors (Lipinski definition) is 2. The van der Waals surface area contributed by atoms with Crippen LogP contribution in [0.4, 0.5) is 10.3 Å². The number of nitrogens with zero attached hydrogens (tertiary/aromatic N) is 4. The molecule has 35 heavy (non-hydrogen) atoms. The summed E-state index contributed by atoms with van der Waals surface area (Å²) < 4.78 is 14.3. The quantitative estimate of drug-likeness (QED) is 0.385. The molecule has 1 fully saturated rings. The summed E-state index contributed by atoms with van der Waals surface area (Å²) in [5.74, 6) is 0.00932. The van der Waals surface area contributed by atoms with Crippen molar-refractivity contribution in [1.82, 2.24) is 20.3 Å². The summed E-state index contributed by atoms with van der Waals surface area (Å²) in [6.45, 7) is 3.60. The molecule has 3 N–H and O–H groups in total. The van der Waals surface area contributed by atoms with E-state index in [4.69, 9.17) is 10.6 Å². The van der Waals surface area contributed by atoms with Crippen LogP contribution in [0, 0.1) is 12.7 Å². The molecule has 2 aromatic heterocycles. The average Bonchev–Trinajstić information content (AvgIpc) is 3.37. The van der Waals surface area contributed by atoms with Gasteiger partial charge in [-0.1, -0.05) is 17.3 Å². The largest absolute Gasteiger partial charge is 0.396 e. The molecule has 0 amide bonds. The molecular formula is C27H31FN6O. The third kappa shape index (κ3) is 5.32. The first-order valence-corrected chi connectivity index (χ1v) is 12.3. The summed E-state index contributed by atoms with van der Waals surface area (Å²) in [6.07, 6.45) is 9.30. The molecule has 1 aromatic carbocycles. The molecule has 2 unspecified atom stereocenters. The minimum Gasteiger partial charge on any atom is -0.396 e. The number of nitrogen functional groups attached to an aromatic ring is 1. The Labute approximate surface area is 205 Å². The third-order valence-electron chi connectivity index (χ3n) is 6.90. The molecule has 3 aromatic rings. The zero-order valence-electron chi connectivity index (χ0n) is 20.0. The lowest BCUT2D eigenvalue weighted by atomic mass is 9.78. The highest BCUT2D eigenvalue weighted by Gasteiger charge is 2.30. The van der Waals surface area contributed by atoms with Crippen LogP contribution >= 0.6 is 0 Å². The SMILES string of the molecule is Cc1nc(N)nc2c1C(=NOCCCC1CCCN1)CC(c1ccc(F)cc1-c1cccnc1)C2. The van der Waals surface area contributed by atoms with Gasteiger partial charge in [-0.05, 0) is 80.8 Å². The number of rotatable bonds is 7. The molecule has 2 aliphatic rings. The molecule has 0 saturated carbocycles. The van der Waals surface area contributed by atoms with Crippen molar-refractivity contribution in [2.75, 3.05) is 18.9 Å². The Kier molecular flexibility index (Phi) is 6.99. The Balaban J connectivity index is 1.43. The Bertz CT molecular complexity index is 1210. The first-order valence-electron chi connectivity index (χ1n) is 12.3. The fourth-order valence-electron chi connectivity index (χ4n) is 5.30. The van der Waals surface area contributed by atoms with Crippen molar-refractivity contribution < 1.29 is 9.23 Å². The molecule has 1 saturated heterocycles. The molecule has 8 heteroatoms. The number of benzene rings is 1. The topological polar surface area (TPSA) is 98.3 Å². The monoisotopic (exact) mass is 474 g/mol. The van der Waals surface area contributed by atoms with Crippen LogP contribution in [-0.4, -0.2) is 39.9 Å². The molecule has 0 bridgehead atoms. The number of aryl methyl sites for hydroxylation is 1. The second-order valence-electron chi connectivity index (χ2n) is 9.37. The van der Waals surface area contributed by atoms with Crippen LogP contribution in [0.3, 0.4) is 0 Å². The summed E-state index contributed by atoms with van der Waals surface area (Å²) in [5, 5.41) is 8.08. The minimum absolute atomic E-state index is 0.0389. The molecule has 0 radical (unpaired) electrons. The van der Waals surface area contributed by atoms with Gasteiger partial charge in [-0.2, -0.15) is 0 Å². The van der Waals surface area contributed by atoms with E-state index >= 15 is 0 Å². The molecule has 7 nitrogen and oxygen atoms in total. The number of anilines is 1. The van der Waals surface area contributed by atoms with Gasteiger partial charge in [0.25, 0.3) is 0 Å². The van der Waals surface area contributed by atoms with Crippen LogP contribution in [0.15, 0.2) is 47.9 Å². The normalized spacial score (nSPS) is 20.7. The van der Waals surface area contributed by atoms with Crippen molar-refractivity contribution in [2.45, 2.75) is 57.4 Å². The van der Waals surface area contributed by atoms with Crippen LogP contribution < -0.4 is 11.1 Å². The van der Waals surface area contributed by atoms with Gasteiger partial charge in [0.05, 0.1) is 17.1 Å². The van der Waals surface area contributed by atoms with Crippen molar-refractivity contribution in [3.63, 3.8) is 0 Å². The molecule has 3 heterocycles. The van der Waals surface area contributed by atoms with Crippen LogP contribution in [-0.2, 0) is 11.3 Å². The maximum atomic E-state index is 14.3. The lowest BCUT2D eigenvalue weighted by Crippen LogP contribution is -2.24. The number of halogens is 1. The van der Waals surface area contributed by atoms with E-state index in [1.807, 2.05) is 25.1 Å². The molecule has 0 spiro atoms. The van der Waals surface area contributed by atoms with Gasteiger partial charge < -0.3 is 15.9 Å². The molecule has 2 atom stereocenters. The van der Waals surface area contributed by atoms with E-state index in [0.717, 1.165) is 58.7 Å². The molecule has 1 aliphatic carbocycles. The second kappa shape index (κ2) is 10.5. The summed E-state index contributed by atoms with van der Waals surface area (Å²) in [5.41, 5.74) is 12.1. The first kappa shape index (κ1) is 23.4. The lowest BCUT2D eigenvalue weighted by Gasteiger charge is -2.28. The highest BCUT2D eigenvalue weighted by molar-refractivity contribution is 6.03. The summed E-state index contributed by atoms with van der Waals surface area (Å²) in [4.78, 5) is 19.0. The highest BCUT2D eigenvalue weighted by Crippen LogP contribution is 2.38. The Morgan fingerprint density at radius 1 is 1.23 bits per heavy atom. The fourth-order valence-corrected chi connectivity index (χ4v) is 5.30. The summed E-state index contributed by atoms with van der Waals surface area (Å²) in [6, 6.07) is 9.34. The zero-order valence-corrected chi connectivity index (χ0v) is 20.0. The second-order valence-corrected chi connectivity index (χ2v) is 9.37. The Hall–Kier alpha value is -3.39. The number of hydrogen-bond acceptors (Lipinski definition) is 7. The van der Waals surface area contributed by atoms with Crippen molar-refractivity contribution in [3.05, 3.63) is 71.1 Å². The zero-order chi connectivity index (χ0) is 24.2. The van der Waals surface area contributed by atoms with E-state index in [1.54, 1.807) is 18.5 Å². The van der Waals surface area contributed by atoms with Crippen LogP contribution in [0.25, 0.3) is 11.1 Å². The van der Waals surface area contributed by atoms with Gasteiger partial charge in [-0.25, -0.2) is 14.4 Å². The van der Waals surface area contributed by atoms with Gasteiger partial charge in [-0.15, -0.1) is 0 Å². The van der Waals surface area contributed by atoms with E-state index in [0.29, 0.717) is 25.5 Å².